The van der Waals surface area contributed by atoms with E-state index < -0.39 is 0 Å². The molecule has 0 spiro atoms. The van der Waals surface area contributed by atoms with Crippen LogP contribution in [-0.4, -0.2) is 10.9 Å². The maximum Gasteiger partial charge on any atom is 0.0944 e. The minimum absolute atomic E-state index is 0.641. The first-order valence-electron chi connectivity index (χ1n) is 4.46. The van der Waals surface area contributed by atoms with Crippen LogP contribution in [0.3, 0.4) is 0 Å². The molecule has 3 heteroatoms. The van der Waals surface area contributed by atoms with Crippen molar-refractivity contribution in [3.8, 4) is 11.3 Å². The number of nitrogens with zero attached hydrogens (tertiary/aromatic N) is 1. The molecule has 0 aliphatic rings. The molecule has 0 radical (unpaired) electrons. The van der Waals surface area contributed by atoms with Gasteiger partial charge in [-0.15, -0.1) is 22.9 Å². The molecule has 14 heavy (non-hydrogen) atoms. The normalized spacial score (nSPS) is 10.4. The Bertz CT molecular complexity index is 397. The molecule has 1 nitrogen and oxygen atoms in total. The first kappa shape index (κ1) is 9.69. The minimum atomic E-state index is 0.641. The van der Waals surface area contributed by atoms with Gasteiger partial charge in [0.15, 0.2) is 0 Å². The van der Waals surface area contributed by atoms with E-state index in [0.29, 0.717) is 5.88 Å². The van der Waals surface area contributed by atoms with Crippen molar-refractivity contribution in [2.24, 2.45) is 0 Å². The lowest BCUT2D eigenvalue weighted by Crippen LogP contribution is -1.84. The topological polar surface area (TPSA) is 12.9 Å². The van der Waals surface area contributed by atoms with Crippen LogP contribution < -0.4 is 0 Å². The fourth-order valence-corrected chi connectivity index (χ4v) is 2.35. The van der Waals surface area contributed by atoms with Crippen LogP contribution in [0.2, 0.25) is 0 Å². The summed E-state index contributed by atoms with van der Waals surface area (Å²) in [5.74, 6) is 0.641. The van der Waals surface area contributed by atoms with Crippen molar-refractivity contribution in [3.63, 3.8) is 0 Å². The predicted octanol–water partition coefficient (Wildman–Crippen LogP) is 3.59. The van der Waals surface area contributed by atoms with Crippen LogP contribution in [0.1, 0.15) is 5.01 Å². The molecule has 0 fully saturated rings. The molecule has 1 heterocycles. The molecule has 2 rings (SSSR count). The van der Waals surface area contributed by atoms with Crippen LogP contribution in [0.15, 0.2) is 35.7 Å². The summed E-state index contributed by atoms with van der Waals surface area (Å²) in [4.78, 5) is 4.50. The molecule has 0 bridgehead atoms. The van der Waals surface area contributed by atoms with Crippen LogP contribution in [0, 0.1) is 0 Å². The van der Waals surface area contributed by atoms with Crippen LogP contribution in [0.25, 0.3) is 11.3 Å². The zero-order chi connectivity index (χ0) is 9.80. The molecule has 0 aliphatic carbocycles. The highest BCUT2D eigenvalue weighted by atomic mass is 35.5. The molecule has 0 saturated carbocycles. The summed E-state index contributed by atoms with van der Waals surface area (Å²) < 4.78 is 0. The molecule has 0 amide bonds. The minimum Gasteiger partial charge on any atom is -0.241 e. The highest BCUT2D eigenvalue weighted by Crippen LogP contribution is 2.21. The predicted molar refractivity (Wildman–Crippen MR) is 62.0 cm³/mol. The van der Waals surface area contributed by atoms with Gasteiger partial charge < -0.3 is 0 Å². The molecule has 2 aromatic rings. The van der Waals surface area contributed by atoms with Crippen molar-refractivity contribution in [3.05, 3.63) is 40.7 Å². The Labute approximate surface area is 92.4 Å². The van der Waals surface area contributed by atoms with E-state index in [1.54, 1.807) is 11.3 Å². The Kier molecular flexibility index (Phi) is 3.17. The molecule has 1 aromatic heterocycles. The van der Waals surface area contributed by atoms with Crippen molar-refractivity contribution in [2.45, 2.75) is 6.42 Å². The smallest absolute Gasteiger partial charge is 0.0944 e. The van der Waals surface area contributed by atoms with E-state index in [2.05, 4.69) is 22.5 Å². The maximum absolute atomic E-state index is 5.66. The van der Waals surface area contributed by atoms with Gasteiger partial charge in [0.25, 0.3) is 0 Å². The second-order valence-corrected chi connectivity index (χ2v) is 4.25. The summed E-state index contributed by atoms with van der Waals surface area (Å²) >= 11 is 7.33. The summed E-state index contributed by atoms with van der Waals surface area (Å²) in [6.07, 6.45) is 0.860. The van der Waals surface area contributed by atoms with Gasteiger partial charge in [-0.3, -0.25) is 0 Å². The monoisotopic (exact) mass is 223 g/mol. The number of aryl methyl sites for hydroxylation is 1. The van der Waals surface area contributed by atoms with Crippen molar-refractivity contribution in [1.29, 1.82) is 0 Å². The number of thiazole rings is 1. The molecule has 0 atom stereocenters. The number of aromatic nitrogens is 1. The van der Waals surface area contributed by atoms with Gasteiger partial charge in [-0.2, -0.15) is 0 Å². The Balaban J connectivity index is 2.25. The number of halogens is 1. The van der Waals surface area contributed by atoms with Gasteiger partial charge in [0.1, 0.15) is 0 Å². The Hall–Kier alpha value is -0.860. The molecule has 0 unspecified atom stereocenters. The van der Waals surface area contributed by atoms with E-state index in [4.69, 9.17) is 11.6 Å². The van der Waals surface area contributed by atoms with Crippen LogP contribution in [0.4, 0.5) is 0 Å². The lowest BCUT2D eigenvalue weighted by atomic mass is 10.2. The fourth-order valence-electron chi connectivity index (χ4n) is 1.25. The van der Waals surface area contributed by atoms with Gasteiger partial charge in [-0.25, -0.2) is 4.98 Å². The molecule has 0 N–H and O–H groups in total. The maximum atomic E-state index is 5.66. The van der Waals surface area contributed by atoms with Crippen LogP contribution in [-0.2, 0) is 6.42 Å². The number of alkyl halides is 1. The summed E-state index contributed by atoms with van der Waals surface area (Å²) in [7, 11) is 0. The lowest BCUT2D eigenvalue weighted by molar-refractivity contribution is 1.10. The second kappa shape index (κ2) is 4.58. The number of hydrogen-bond donors (Lipinski definition) is 0. The number of benzene rings is 1. The van der Waals surface area contributed by atoms with E-state index in [0.717, 1.165) is 17.1 Å². The third kappa shape index (κ3) is 2.14. The van der Waals surface area contributed by atoms with Gasteiger partial charge in [0.2, 0.25) is 0 Å². The van der Waals surface area contributed by atoms with E-state index in [9.17, 15) is 0 Å². The van der Waals surface area contributed by atoms with Crippen molar-refractivity contribution < 1.29 is 0 Å². The van der Waals surface area contributed by atoms with Crippen molar-refractivity contribution in [2.75, 3.05) is 5.88 Å². The Morgan fingerprint density at radius 1 is 1.21 bits per heavy atom. The first-order chi connectivity index (χ1) is 6.90. The standard InChI is InChI=1S/C11H10ClNS/c12-7-6-11-13-10(8-14-11)9-4-2-1-3-5-9/h1-5,8H,6-7H2. The summed E-state index contributed by atoms with van der Waals surface area (Å²) in [5, 5.41) is 3.19. The molecular weight excluding hydrogens is 214 g/mol. The highest BCUT2D eigenvalue weighted by Gasteiger charge is 2.02. The quantitative estimate of drug-likeness (QED) is 0.725. The Morgan fingerprint density at radius 3 is 2.71 bits per heavy atom. The third-order valence-electron chi connectivity index (χ3n) is 1.93. The summed E-state index contributed by atoms with van der Waals surface area (Å²) in [6, 6.07) is 10.2. The van der Waals surface area contributed by atoms with Gasteiger partial charge in [-0.05, 0) is 0 Å². The SMILES string of the molecule is ClCCc1nc(-c2ccccc2)cs1. The third-order valence-corrected chi connectivity index (χ3v) is 3.03. The van der Waals surface area contributed by atoms with Gasteiger partial charge >= 0.3 is 0 Å². The summed E-state index contributed by atoms with van der Waals surface area (Å²) in [5.41, 5.74) is 2.22. The molecule has 0 saturated heterocycles. The zero-order valence-electron chi connectivity index (χ0n) is 7.61. The average molecular weight is 224 g/mol. The Morgan fingerprint density at radius 2 is 2.00 bits per heavy atom. The van der Waals surface area contributed by atoms with E-state index in [1.165, 1.54) is 5.56 Å². The van der Waals surface area contributed by atoms with E-state index in [1.807, 2.05) is 18.2 Å². The van der Waals surface area contributed by atoms with Crippen LogP contribution >= 0.6 is 22.9 Å². The molecular formula is C11H10ClNS. The van der Waals surface area contributed by atoms with Gasteiger partial charge in [0, 0.05) is 23.2 Å². The lowest BCUT2D eigenvalue weighted by Gasteiger charge is -1.93. The fraction of sp³-hybridized carbons (Fsp3) is 0.182. The first-order valence-corrected chi connectivity index (χ1v) is 5.87. The van der Waals surface area contributed by atoms with E-state index in [-0.39, 0.29) is 0 Å². The molecule has 72 valence electrons. The second-order valence-electron chi connectivity index (χ2n) is 2.93. The van der Waals surface area contributed by atoms with Crippen molar-refractivity contribution in [1.82, 2.24) is 4.98 Å². The van der Waals surface area contributed by atoms with Gasteiger partial charge in [-0.1, -0.05) is 30.3 Å². The average Bonchev–Trinajstić information content (AvgIpc) is 2.68. The highest BCUT2D eigenvalue weighted by molar-refractivity contribution is 7.10. The largest absolute Gasteiger partial charge is 0.241 e. The summed E-state index contributed by atoms with van der Waals surface area (Å²) in [6.45, 7) is 0. The van der Waals surface area contributed by atoms with Crippen molar-refractivity contribution >= 4 is 22.9 Å². The molecule has 1 aromatic carbocycles. The number of hydrogen-bond acceptors (Lipinski definition) is 2. The van der Waals surface area contributed by atoms with Gasteiger partial charge in [0.05, 0.1) is 10.7 Å². The van der Waals surface area contributed by atoms with Crippen LogP contribution in [0.5, 0.6) is 0 Å². The molecule has 0 aliphatic heterocycles. The number of rotatable bonds is 3. The van der Waals surface area contributed by atoms with E-state index >= 15 is 0 Å². The zero-order valence-corrected chi connectivity index (χ0v) is 9.18.